The van der Waals surface area contributed by atoms with Crippen LogP contribution in [0.25, 0.3) is 0 Å². The highest BCUT2D eigenvalue weighted by molar-refractivity contribution is 5.69. The van der Waals surface area contributed by atoms with Crippen LogP contribution in [-0.2, 0) is 4.79 Å². The van der Waals surface area contributed by atoms with E-state index in [-0.39, 0.29) is 19.1 Å². The Morgan fingerprint density at radius 1 is 1.33 bits per heavy atom. The van der Waals surface area contributed by atoms with E-state index in [0.717, 1.165) is 0 Å². The lowest BCUT2D eigenvalue weighted by Gasteiger charge is -1.99. The topological polar surface area (TPSA) is 46.5 Å². The van der Waals surface area contributed by atoms with Gasteiger partial charge in [-0.15, -0.1) is 0 Å². The van der Waals surface area contributed by atoms with E-state index in [9.17, 15) is 4.79 Å². The second-order valence-corrected chi connectivity index (χ2v) is 2.09. The van der Waals surface area contributed by atoms with Gasteiger partial charge in [-0.2, -0.15) is 0 Å². The first-order valence-corrected chi connectivity index (χ1v) is 3.16. The van der Waals surface area contributed by atoms with E-state index < -0.39 is 0 Å². The maximum Gasteiger partial charge on any atom is 0.308 e. The largest absolute Gasteiger partial charge is 0.508 e. The zero-order chi connectivity index (χ0) is 8.27. The minimum Gasteiger partial charge on any atom is -0.508 e. The number of esters is 1. The molecule has 0 saturated heterocycles. The number of carbonyl (C=O) groups excluding carboxylic acids is 1. The Morgan fingerprint density at radius 3 is 2.25 bits per heavy atom. The molecule has 3 nitrogen and oxygen atoms in total. The van der Waals surface area contributed by atoms with Gasteiger partial charge in [-0.3, -0.25) is 4.79 Å². The van der Waals surface area contributed by atoms with Crippen molar-refractivity contribution < 1.29 is 14.6 Å². The molecule has 1 aromatic rings. The van der Waals surface area contributed by atoms with Gasteiger partial charge in [0.25, 0.3) is 0 Å². The van der Waals surface area contributed by atoms with Gasteiger partial charge in [0.1, 0.15) is 11.5 Å². The number of phenolic OH excluding ortho intramolecular Hbond substituents is 1. The van der Waals surface area contributed by atoms with Gasteiger partial charge < -0.3 is 9.84 Å². The molecule has 0 aliphatic carbocycles. The number of carbonyl (C=O) groups is 1. The third-order valence-electron chi connectivity index (χ3n) is 1.10. The third-order valence-corrected chi connectivity index (χ3v) is 1.10. The first-order chi connectivity index (χ1) is 5.18. The molecule has 0 atom stereocenters. The number of aromatic hydroxyl groups is 1. The minimum absolute atomic E-state index is 0. The fraction of sp³-hybridized carbons (Fsp3) is 0.222. The van der Waals surface area contributed by atoms with E-state index >= 15 is 0 Å². The van der Waals surface area contributed by atoms with Gasteiger partial charge in [-0.25, -0.2) is 0 Å². The van der Waals surface area contributed by atoms with Crippen molar-refractivity contribution in [1.82, 2.24) is 0 Å². The average molecular weight is 168 g/mol. The fourth-order valence-corrected chi connectivity index (χ4v) is 0.680. The van der Waals surface area contributed by atoms with E-state index in [4.69, 9.17) is 9.84 Å². The Labute approximate surface area is 71.6 Å². The van der Waals surface area contributed by atoms with E-state index in [1.54, 1.807) is 0 Å². The molecule has 1 rings (SSSR count). The smallest absolute Gasteiger partial charge is 0.308 e. The van der Waals surface area contributed by atoms with Crippen molar-refractivity contribution in [3.63, 3.8) is 0 Å². The molecular weight excluding hydrogens is 156 g/mol. The molecule has 1 N–H and O–H groups in total. The van der Waals surface area contributed by atoms with Gasteiger partial charge in [0, 0.05) is 6.92 Å². The number of phenols is 1. The number of rotatable bonds is 1. The summed E-state index contributed by atoms with van der Waals surface area (Å²) in [6.45, 7) is 1.33. The molecule has 0 unspecified atom stereocenters. The van der Waals surface area contributed by atoms with Crippen molar-refractivity contribution in [1.29, 1.82) is 0 Å². The van der Waals surface area contributed by atoms with Gasteiger partial charge in [0.05, 0.1) is 0 Å². The summed E-state index contributed by atoms with van der Waals surface area (Å²) in [5.74, 6) is 0.229. The van der Waals surface area contributed by atoms with Crippen molar-refractivity contribution in [2.24, 2.45) is 0 Å². The fourth-order valence-electron chi connectivity index (χ4n) is 0.680. The Hall–Kier alpha value is -1.51. The van der Waals surface area contributed by atoms with Crippen LogP contribution in [0, 0.1) is 0 Å². The summed E-state index contributed by atoms with van der Waals surface area (Å²) in [5, 5.41) is 8.85. The average Bonchev–Trinajstić information content (AvgIpc) is 1.93. The molecular formula is C9H12O3. The van der Waals surface area contributed by atoms with Crippen LogP contribution >= 0.6 is 0 Å². The maximum atomic E-state index is 10.4. The summed E-state index contributed by atoms with van der Waals surface area (Å²) in [4.78, 5) is 10.4. The number of hydrogen-bond acceptors (Lipinski definition) is 3. The van der Waals surface area contributed by atoms with Gasteiger partial charge in [0.2, 0.25) is 0 Å². The molecule has 0 radical (unpaired) electrons. The van der Waals surface area contributed by atoms with Crippen LogP contribution < -0.4 is 4.74 Å². The van der Waals surface area contributed by atoms with Gasteiger partial charge in [-0.1, -0.05) is 7.43 Å². The minimum atomic E-state index is -0.365. The Kier molecular flexibility index (Phi) is 3.83. The van der Waals surface area contributed by atoms with Gasteiger partial charge >= 0.3 is 5.97 Å². The van der Waals surface area contributed by atoms with Gasteiger partial charge in [0.15, 0.2) is 0 Å². The van der Waals surface area contributed by atoms with Crippen molar-refractivity contribution in [2.45, 2.75) is 14.4 Å². The molecule has 0 fully saturated rings. The molecule has 12 heavy (non-hydrogen) atoms. The Balaban J connectivity index is 0.00000121. The zero-order valence-electron chi connectivity index (χ0n) is 6.07. The summed E-state index contributed by atoms with van der Waals surface area (Å²) >= 11 is 0. The molecule has 0 spiro atoms. The molecule has 0 aromatic heterocycles. The number of benzene rings is 1. The van der Waals surface area contributed by atoms with E-state index in [1.807, 2.05) is 0 Å². The Morgan fingerprint density at radius 2 is 1.83 bits per heavy atom. The second kappa shape index (κ2) is 4.38. The summed E-state index contributed by atoms with van der Waals surface area (Å²) in [7, 11) is 0. The van der Waals surface area contributed by atoms with Gasteiger partial charge in [-0.05, 0) is 24.3 Å². The van der Waals surface area contributed by atoms with Crippen LogP contribution in [-0.4, -0.2) is 11.1 Å². The van der Waals surface area contributed by atoms with Crippen LogP contribution in [0.15, 0.2) is 24.3 Å². The van der Waals surface area contributed by atoms with E-state index in [1.165, 1.54) is 31.2 Å². The Bertz CT molecular complexity index is 251. The standard InChI is InChI=1S/C8H8O3.CH4/c1-6(9)11-8-4-2-7(10)3-5-8;/h2-5,10H,1H3;1H4. The maximum absolute atomic E-state index is 10.4. The first kappa shape index (κ1) is 10.5. The lowest BCUT2D eigenvalue weighted by molar-refractivity contribution is -0.131. The lowest BCUT2D eigenvalue weighted by atomic mass is 10.3. The van der Waals surface area contributed by atoms with Crippen LogP contribution in [0.3, 0.4) is 0 Å². The summed E-state index contributed by atoms with van der Waals surface area (Å²) in [6, 6.07) is 5.96. The van der Waals surface area contributed by atoms with Crippen LogP contribution in [0.5, 0.6) is 11.5 Å². The molecule has 0 saturated carbocycles. The van der Waals surface area contributed by atoms with Crippen LogP contribution in [0.4, 0.5) is 0 Å². The summed E-state index contributed by atoms with van der Waals surface area (Å²) in [5.41, 5.74) is 0. The molecule has 66 valence electrons. The zero-order valence-corrected chi connectivity index (χ0v) is 6.07. The normalized spacial score (nSPS) is 8.42. The predicted molar refractivity (Wildman–Crippen MR) is 46.1 cm³/mol. The first-order valence-electron chi connectivity index (χ1n) is 3.16. The summed E-state index contributed by atoms with van der Waals surface area (Å²) in [6.07, 6.45) is 0. The van der Waals surface area contributed by atoms with Crippen LogP contribution in [0.2, 0.25) is 0 Å². The van der Waals surface area contributed by atoms with E-state index in [0.29, 0.717) is 5.75 Å². The molecule has 0 aliphatic rings. The third kappa shape index (κ3) is 3.05. The molecule has 1 aromatic carbocycles. The molecule has 0 heterocycles. The van der Waals surface area contributed by atoms with E-state index in [2.05, 4.69) is 0 Å². The second-order valence-electron chi connectivity index (χ2n) is 2.09. The highest BCUT2D eigenvalue weighted by Crippen LogP contribution is 2.15. The lowest BCUT2D eigenvalue weighted by Crippen LogP contribution is -2.00. The van der Waals surface area contributed by atoms with Crippen LogP contribution in [0.1, 0.15) is 14.4 Å². The molecule has 0 aliphatic heterocycles. The highest BCUT2D eigenvalue weighted by Gasteiger charge is 1.95. The quantitative estimate of drug-likeness (QED) is 0.515. The highest BCUT2D eigenvalue weighted by atomic mass is 16.5. The SMILES string of the molecule is C.CC(=O)Oc1ccc(O)cc1. The monoisotopic (exact) mass is 168 g/mol. The molecule has 3 heteroatoms. The summed E-state index contributed by atoms with van der Waals surface area (Å²) < 4.78 is 4.72. The van der Waals surface area contributed by atoms with Crippen molar-refractivity contribution in [3.8, 4) is 11.5 Å². The predicted octanol–water partition coefficient (Wildman–Crippen LogP) is 1.95. The number of hydrogen-bond donors (Lipinski definition) is 1. The van der Waals surface area contributed by atoms with Crippen molar-refractivity contribution >= 4 is 5.97 Å². The van der Waals surface area contributed by atoms with Crippen molar-refractivity contribution in [2.75, 3.05) is 0 Å². The van der Waals surface area contributed by atoms with Crippen molar-refractivity contribution in [3.05, 3.63) is 24.3 Å². The number of ether oxygens (including phenoxy) is 1. The molecule has 0 amide bonds. The molecule has 0 bridgehead atoms.